The van der Waals surface area contributed by atoms with E-state index in [0.29, 0.717) is 4.90 Å². The Hall–Kier alpha value is -0.720. The van der Waals surface area contributed by atoms with Crippen molar-refractivity contribution in [2.75, 3.05) is 31.9 Å². The molecule has 6 heteroatoms. The van der Waals surface area contributed by atoms with Crippen LogP contribution in [-0.4, -0.2) is 42.4 Å². The van der Waals surface area contributed by atoms with Gasteiger partial charge in [-0.1, -0.05) is 6.07 Å². The van der Waals surface area contributed by atoms with Crippen LogP contribution in [0.15, 0.2) is 29.2 Å². The Morgan fingerprint density at radius 3 is 2.76 bits per heavy atom. The van der Waals surface area contributed by atoms with Crippen LogP contribution in [0.3, 0.4) is 0 Å². The first-order chi connectivity index (χ1) is 9.79. The molecule has 0 radical (unpaired) electrons. The third-order valence-electron chi connectivity index (χ3n) is 3.76. The normalized spacial score (nSPS) is 19.7. The molecule has 0 bridgehead atoms. The number of rotatable bonds is 4. The maximum Gasteiger partial charge on any atom is 0.416 e. The van der Waals surface area contributed by atoms with Crippen LogP contribution in [0.5, 0.6) is 0 Å². The minimum absolute atomic E-state index is 0.104. The van der Waals surface area contributed by atoms with Gasteiger partial charge < -0.3 is 5.32 Å². The summed E-state index contributed by atoms with van der Waals surface area (Å²) in [5, 5.41) is 3.36. The van der Waals surface area contributed by atoms with Gasteiger partial charge in [0.1, 0.15) is 0 Å². The monoisotopic (exact) mass is 318 g/mol. The van der Waals surface area contributed by atoms with Crippen molar-refractivity contribution in [3.63, 3.8) is 0 Å². The van der Waals surface area contributed by atoms with Gasteiger partial charge in [0.15, 0.2) is 0 Å². The van der Waals surface area contributed by atoms with Crippen LogP contribution >= 0.6 is 11.8 Å². The molecule has 1 aliphatic heterocycles. The van der Waals surface area contributed by atoms with Crippen LogP contribution in [0.1, 0.15) is 19.4 Å². The molecule has 0 unspecified atom stereocenters. The fourth-order valence-corrected chi connectivity index (χ4v) is 3.41. The van der Waals surface area contributed by atoms with Crippen molar-refractivity contribution in [2.45, 2.75) is 30.5 Å². The van der Waals surface area contributed by atoms with Gasteiger partial charge in [0.2, 0.25) is 0 Å². The summed E-state index contributed by atoms with van der Waals surface area (Å²) >= 11 is 1.48. The van der Waals surface area contributed by atoms with Gasteiger partial charge in [-0.2, -0.15) is 13.2 Å². The van der Waals surface area contributed by atoms with E-state index in [9.17, 15) is 13.2 Å². The van der Waals surface area contributed by atoms with Gasteiger partial charge in [0.05, 0.1) is 5.56 Å². The van der Waals surface area contributed by atoms with E-state index in [1.165, 1.54) is 23.9 Å². The molecule has 1 N–H and O–H groups in total. The van der Waals surface area contributed by atoms with Crippen molar-refractivity contribution in [3.05, 3.63) is 29.8 Å². The Balaban J connectivity index is 1.89. The number of hydrogen-bond acceptors (Lipinski definition) is 3. The molecule has 118 valence electrons. The lowest BCUT2D eigenvalue weighted by Crippen LogP contribution is -2.58. The molecule has 2 rings (SSSR count). The number of piperazine rings is 1. The first-order valence-electron chi connectivity index (χ1n) is 7.05. The first-order valence-corrected chi connectivity index (χ1v) is 8.03. The number of thioether (sulfide) groups is 1. The maximum atomic E-state index is 12.7. The van der Waals surface area contributed by atoms with Crippen LogP contribution in [-0.2, 0) is 6.18 Å². The Bertz CT molecular complexity index is 474. The average molecular weight is 318 g/mol. The van der Waals surface area contributed by atoms with Crippen molar-refractivity contribution in [1.82, 2.24) is 10.2 Å². The molecule has 1 aliphatic rings. The van der Waals surface area contributed by atoms with Crippen LogP contribution in [0.4, 0.5) is 13.2 Å². The number of halogens is 3. The second-order valence-corrected chi connectivity index (χ2v) is 7.02. The largest absolute Gasteiger partial charge is 0.416 e. The predicted octanol–water partition coefficient (Wildman–Crippen LogP) is 3.48. The van der Waals surface area contributed by atoms with E-state index in [2.05, 4.69) is 24.1 Å². The Morgan fingerprint density at radius 1 is 1.33 bits per heavy atom. The van der Waals surface area contributed by atoms with E-state index in [1.807, 2.05) is 0 Å². The molecule has 0 amide bonds. The van der Waals surface area contributed by atoms with Gasteiger partial charge in [-0.05, 0) is 32.0 Å². The number of hydrogen-bond donors (Lipinski definition) is 1. The molecule has 0 aliphatic carbocycles. The standard InChI is InChI=1S/C15H21F3N2S/c1-14(2)11-19-6-7-20(14)8-9-21-13-5-3-4-12(10-13)15(16,17)18/h3-5,10,19H,6-9,11H2,1-2H3. The molecule has 1 saturated heterocycles. The Morgan fingerprint density at radius 2 is 2.10 bits per heavy atom. The minimum Gasteiger partial charge on any atom is -0.314 e. The molecule has 1 fully saturated rings. The fourth-order valence-electron chi connectivity index (χ4n) is 2.47. The first kappa shape index (κ1) is 16.6. The second kappa shape index (κ2) is 6.58. The fraction of sp³-hybridized carbons (Fsp3) is 0.600. The summed E-state index contributed by atoms with van der Waals surface area (Å²) in [6.07, 6.45) is -4.27. The Labute approximate surface area is 128 Å². The summed E-state index contributed by atoms with van der Waals surface area (Å²) in [4.78, 5) is 3.07. The summed E-state index contributed by atoms with van der Waals surface area (Å²) in [6, 6.07) is 5.56. The zero-order valence-electron chi connectivity index (χ0n) is 12.3. The zero-order valence-corrected chi connectivity index (χ0v) is 13.2. The third-order valence-corrected chi connectivity index (χ3v) is 4.74. The summed E-state index contributed by atoms with van der Waals surface area (Å²) in [5.74, 6) is 0.796. The predicted molar refractivity (Wildman–Crippen MR) is 80.7 cm³/mol. The summed E-state index contributed by atoms with van der Waals surface area (Å²) in [6.45, 7) is 8.16. The quantitative estimate of drug-likeness (QED) is 0.856. The molecular weight excluding hydrogens is 297 g/mol. The number of benzene rings is 1. The van der Waals surface area contributed by atoms with Gasteiger partial charge in [0, 0.05) is 42.4 Å². The number of nitrogens with one attached hydrogen (secondary N) is 1. The highest BCUT2D eigenvalue weighted by molar-refractivity contribution is 7.99. The van der Waals surface area contributed by atoms with E-state index >= 15 is 0 Å². The van der Waals surface area contributed by atoms with Crippen molar-refractivity contribution in [2.24, 2.45) is 0 Å². The van der Waals surface area contributed by atoms with Crippen LogP contribution < -0.4 is 5.32 Å². The zero-order chi connectivity index (χ0) is 15.5. The SMILES string of the molecule is CC1(C)CNCCN1CCSc1cccc(C(F)(F)F)c1. The molecule has 2 nitrogen and oxygen atoms in total. The molecule has 0 saturated carbocycles. The van der Waals surface area contributed by atoms with Gasteiger partial charge in [-0.15, -0.1) is 11.8 Å². The second-order valence-electron chi connectivity index (χ2n) is 5.85. The van der Waals surface area contributed by atoms with E-state index in [1.54, 1.807) is 6.07 Å². The van der Waals surface area contributed by atoms with E-state index in [-0.39, 0.29) is 5.54 Å². The summed E-state index contributed by atoms with van der Waals surface area (Å²) in [5.41, 5.74) is -0.470. The summed E-state index contributed by atoms with van der Waals surface area (Å²) < 4.78 is 38.0. The van der Waals surface area contributed by atoms with E-state index in [0.717, 1.165) is 38.0 Å². The lowest BCUT2D eigenvalue weighted by atomic mass is 10.0. The van der Waals surface area contributed by atoms with Crippen molar-refractivity contribution < 1.29 is 13.2 Å². The average Bonchev–Trinajstić information content (AvgIpc) is 2.40. The van der Waals surface area contributed by atoms with Crippen LogP contribution in [0.25, 0.3) is 0 Å². The summed E-state index contributed by atoms with van der Waals surface area (Å²) in [7, 11) is 0. The Kier molecular flexibility index (Phi) is 5.22. The molecular formula is C15H21F3N2S. The van der Waals surface area contributed by atoms with E-state index < -0.39 is 11.7 Å². The van der Waals surface area contributed by atoms with Gasteiger partial charge in [0.25, 0.3) is 0 Å². The van der Waals surface area contributed by atoms with E-state index in [4.69, 9.17) is 0 Å². The smallest absolute Gasteiger partial charge is 0.314 e. The molecule has 1 aromatic carbocycles. The minimum atomic E-state index is -4.27. The topological polar surface area (TPSA) is 15.3 Å². The van der Waals surface area contributed by atoms with Crippen molar-refractivity contribution in [1.29, 1.82) is 0 Å². The van der Waals surface area contributed by atoms with Crippen molar-refractivity contribution in [3.8, 4) is 0 Å². The number of alkyl halides is 3. The molecule has 0 atom stereocenters. The number of nitrogens with zero attached hydrogens (tertiary/aromatic N) is 1. The van der Waals surface area contributed by atoms with Gasteiger partial charge >= 0.3 is 6.18 Å². The van der Waals surface area contributed by atoms with Gasteiger partial charge in [-0.3, -0.25) is 4.90 Å². The van der Waals surface area contributed by atoms with Crippen LogP contribution in [0, 0.1) is 0 Å². The molecule has 0 aromatic heterocycles. The lowest BCUT2D eigenvalue weighted by molar-refractivity contribution is -0.137. The van der Waals surface area contributed by atoms with Crippen LogP contribution in [0.2, 0.25) is 0 Å². The highest BCUT2D eigenvalue weighted by Crippen LogP contribution is 2.32. The van der Waals surface area contributed by atoms with Crippen molar-refractivity contribution >= 4 is 11.8 Å². The molecule has 21 heavy (non-hydrogen) atoms. The molecule has 0 spiro atoms. The highest BCUT2D eigenvalue weighted by atomic mass is 32.2. The van der Waals surface area contributed by atoms with Gasteiger partial charge in [-0.25, -0.2) is 0 Å². The lowest BCUT2D eigenvalue weighted by Gasteiger charge is -2.42. The highest BCUT2D eigenvalue weighted by Gasteiger charge is 2.31. The molecule has 1 aromatic rings. The maximum absolute atomic E-state index is 12.7. The molecule has 1 heterocycles. The third kappa shape index (κ3) is 4.63.